The molecule has 76 valence electrons. The fraction of sp³-hybridized carbons (Fsp3) is 0.143. The summed E-state index contributed by atoms with van der Waals surface area (Å²) in [6.45, 7) is 0. The van der Waals surface area contributed by atoms with Crippen molar-refractivity contribution in [3.63, 3.8) is 0 Å². The molecule has 0 amide bonds. The Labute approximate surface area is 74.1 Å². The summed E-state index contributed by atoms with van der Waals surface area (Å²) in [5, 5.41) is 0. The summed E-state index contributed by atoms with van der Waals surface area (Å²) < 4.78 is 53.5. The van der Waals surface area contributed by atoms with Crippen molar-refractivity contribution in [1.29, 1.82) is 0 Å². The fourth-order valence-electron chi connectivity index (χ4n) is 0.778. The molecule has 0 atom stereocenters. The molecule has 1 aromatic carbocycles. The van der Waals surface area contributed by atoms with Crippen LogP contribution in [0.1, 0.15) is 0 Å². The van der Waals surface area contributed by atoms with Gasteiger partial charge in [0, 0.05) is 0 Å². The predicted octanol–water partition coefficient (Wildman–Crippen LogP) is 2.26. The maximum atomic E-state index is 12.9. The summed E-state index contributed by atoms with van der Waals surface area (Å²) in [4.78, 5) is 0. The topological polar surface area (TPSA) is 9.23 Å². The third-order valence-corrected chi connectivity index (χ3v) is 6.81. The molecule has 0 saturated carbocycles. The molecule has 0 aliphatic rings. The standard InChI is InChI=1S/C7H8F4OTe/c1-12-13(8,9,10,11)7-5-3-2-4-6-7/h2-6H,1H3. The summed E-state index contributed by atoms with van der Waals surface area (Å²) in [5.41, 5.74) is 0. The first-order chi connectivity index (χ1) is 5.68. The Morgan fingerprint density at radius 2 is 1.46 bits per heavy atom. The van der Waals surface area contributed by atoms with E-state index >= 15 is 0 Å². The SMILES string of the molecule is CO[Te](F)(F)(F)(F)c1ccccc1. The van der Waals surface area contributed by atoms with Gasteiger partial charge in [0.25, 0.3) is 0 Å². The van der Waals surface area contributed by atoms with E-state index in [1.54, 1.807) is 0 Å². The van der Waals surface area contributed by atoms with Crippen LogP contribution in [-0.4, -0.2) is 25.2 Å². The van der Waals surface area contributed by atoms with Crippen molar-refractivity contribution in [2.45, 2.75) is 0 Å². The van der Waals surface area contributed by atoms with Gasteiger partial charge in [0.1, 0.15) is 0 Å². The number of rotatable bonds is 2. The minimum atomic E-state index is -9.31. The molecule has 1 aromatic rings. The molecule has 6 heteroatoms. The third kappa shape index (κ3) is 2.13. The molecule has 0 bridgehead atoms. The first-order valence-electron chi connectivity index (χ1n) is 3.31. The van der Waals surface area contributed by atoms with E-state index in [2.05, 4.69) is 3.10 Å². The molecule has 0 aliphatic carbocycles. The zero-order valence-corrected chi connectivity index (χ0v) is 9.05. The van der Waals surface area contributed by atoms with Crippen LogP contribution in [0, 0.1) is 0 Å². The Bertz CT molecular complexity index is 316. The molecule has 0 radical (unpaired) electrons. The van der Waals surface area contributed by atoms with Crippen molar-refractivity contribution < 1.29 is 14.7 Å². The van der Waals surface area contributed by atoms with Crippen molar-refractivity contribution in [2.24, 2.45) is 0 Å². The molecule has 1 nitrogen and oxygen atoms in total. The molecule has 0 N–H and O–H groups in total. The molecule has 0 aromatic heterocycles. The van der Waals surface area contributed by atoms with E-state index in [4.69, 9.17) is 0 Å². The summed E-state index contributed by atoms with van der Waals surface area (Å²) in [5.74, 6) is 0. The Kier molecular flexibility index (Phi) is 1.97. The Morgan fingerprint density at radius 3 is 1.85 bits per heavy atom. The Balaban J connectivity index is 3.38. The Morgan fingerprint density at radius 1 is 1.00 bits per heavy atom. The van der Waals surface area contributed by atoms with E-state index in [9.17, 15) is 11.6 Å². The normalized spacial score (nSPS) is 17.6. The van der Waals surface area contributed by atoms with Gasteiger partial charge in [-0.1, -0.05) is 0 Å². The molecule has 13 heavy (non-hydrogen) atoms. The van der Waals surface area contributed by atoms with Gasteiger partial charge in [0.2, 0.25) is 0 Å². The van der Waals surface area contributed by atoms with Gasteiger partial charge in [0.05, 0.1) is 0 Å². The van der Waals surface area contributed by atoms with Gasteiger partial charge in [-0.25, -0.2) is 0 Å². The molecule has 0 aliphatic heterocycles. The Hall–Kier alpha value is -0.310. The minimum absolute atomic E-state index is 0.332. The summed E-state index contributed by atoms with van der Waals surface area (Å²) in [6.07, 6.45) is 0. The molecule has 0 saturated heterocycles. The molecule has 0 heterocycles. The molecular formula is C7H8F4OTe. The van der Waals surface area contributed by atoms with Crippen molar-refractivity contribution in [3.05, 3.63) is 30.3 Å². The van der Waals surface area contributed by atoms with Crippen LogP contribution in [0.5, 0.6) is 0 Å². The van der Waals surface area contributed by atoms with Crippen LogP contribution in [-0.2, 0) is 3.10 Å². The van der Waals surface area contributed by atoms with Crippen LogP contribution in [0.4, 0.5) is 11.6 Å². The number of hydrogen-bond acceptors (Lipinski definition) is 1. The zero-order valence-electron chi connectivity index (χ0n) is 6.72. The maximum absolute atomic E-state index is 12.9. The summed E-state index contributed by atoms with van der Waals surface area (Å²) >= 11 is -9.31. The molecule has 0 fully saturated rings. The van der Waals surface area contributed by atoms with Crippen LogP contribution >= 0.6 is 0 Å². The van der Waals surface area contributed by atoms with E-state index in [1.165, 1.54) is 6.07 Å². The second kappa shape index (κ2) is 2.38. The van der Waals surface area contributed by atoms with Gasteiger partial charge in [-0.05, 0) is 0 Å². The average molecular weight is 312 g/mol. The van der Waals surface area contributed by atoms with Crippen LogP contribution in [0.3, 0.4) is 0 Å². The van der Waals surface area contributed by atoms with Gasteiger partial charge in [0.15, 0.2) is 0 Å². The van der Waals surface area contributed by atoms with Crippen LogP contribution in [0.2, 0.25) is 0 Å². The van der Waals surface area contributed by atoms with Crippen LogP contribution < -0.4 is 3.61 Å². The molecule has 0 unspecified atom stereocenters. The van der Waals surface area contributed by atoms with E-state index in [0.29, 0.717) is 19.2 Å². The van der Waals surface area contributed by atoms with E-state index in [0.717, 1.165) is 12.1 Å². The average Bonchev–Trinajstić information content (AvgIpc) is 2.05. The first kappa shape index (κ1) is 10.8. The summed E-state index contributed by atoms with van der Waals surface area (Å²) in [7, 11) is 0.332. The van der Waals surface area contributed by atoms with Gasteiger partial charge in [-0.3, -0.25) is 0 Å². The third-order valence-electron chi connectivity index (χ3n) is 1.53. The van der Waals surface area contributed by atoms with E-state index < -0.39 is 21.7 Å². The number of hydrogen-bond donors (Lipinski definition) is 0. The quantitative estimate of drug-likeness (QED) is 0.601. The van der Waals surface area contributed by atoms with Gasteiger partial charge >= 0.3 is 73.8 Å². The van der Waals surface area contributed by atoms with Gasteiger partial charge in [-0.15, -0.1) is 0 Å². The van der Waals surface area contributed by atoms with Crippen molar-refractivity contribution in [2.75, 3.05) is 7.11 Å². The zero-order chi connectivity index (χ0) is 10.2. The van der Waals surface area contributed by atoms with Crippen LogP contribution in [0.25, 0.3) is 0 Å². The van der Waals surface area contributed by atoms with Crippen molar-refractivity contribution in [1.82, 2.24) is 0 Å². The first-order valence-corrected chi connectivity index (χ1v) is 8.95. The van der Waals surface area contributed by atoms with E-state index in [-0.39, 0.29) is 0 Å². The number of halogens is 4. The van der Waals surface area contributed by atoms with Crippen LogP contribution in [0.15, 0.2) is 30.3 Å². The molecule has 0 spiro atoms. The monoisotopic (exact) mass is 314 g/mol. The van der Waals surface area contributed by atoms with E-state index in [1.807, 2.05) is 0 Å². The van der Waals surface area contributed by atoms with Crippen molar-refractivity contribution in [3.8, 4) is 0 Å². The molecular weight excluding hydrogens is 304 g/mol. The number of benzene rings is 1. The van der Waals surface area contributed by atoms with Gasteiger partial charge < -0.3 is 0 Å². The summed E-state index contributed by atoms with van der Waals surface area (Å²) in [6, 6.07) is 4.97. The predicted molar refractivity (Wildman–Crippen MR) is 43.3 cm³/mol. The second-order valence-corrected chi connectivity index (χ2v) is 10.4. The van der Waals surface area contributed by atoms with Gasteiger partial charge in [-0.2, -0.15) is 0 Å². The fourth-order valence-corrected chi connectivity index (χ4v) is 3.27. The molecule has 1 rings (SSSR count). The van der Waals surface area contributed by atoms with Crippen molar-refractivity contribution >= 4 is 21.7 Å². The second-order valence-electron chi connectivity index (χ2n) is 2.47.